The van der Waals surface area contributed by atoms with E-state index in [1.165, 1.54) is 37.8 Å². The predicted octanol–water partition coefficient (Wildman–Crippen LogP) is 6.92. The highest BCUT2D eigenvalue weighted by atomic mass is 35.5. The van der Waals surface area contributed by atoms with Gasteiger partial charge in [-0.1, -0.05) is 63.6 Å². The van der Waals surface area contributed by atoms with Crippen LogP contribution in [0.3, 0.4) is 0 Å². The summed E-state index contributed by atoms with van der Waals surface area (Å²) in [6.07, 6.45) is 8.06. The summed E-state index contributed by atoms with van der Waals surface area (Å²) in [7, 11) is 0. The second-order valence-electron chi connectivity index (χ2n) is 6.84. The fourth-order valence-electron chi connectivity index (χ4n) is 2.96. The smallest absolute Gasteiger partial charge is 0.311 e. The van der Waals surface area contributed by atoms with Crippen molar-refractivity contribution < 1.29 is 18.7 Å². The topological polar surface area (TPSA) is 43.4 Å². The van der Waals surface area contributed by atoms with Crippen LogP contribution in [-0.2, 0) is 4.79 Å². The predicted molar refractivity (Wildman–Crippen MR) is 110 cm³/mol. The van der Waals surface area contributed by atoms with Gasteiger partial charge in [-0.2, -0.15) is 0 Å². The molecule has 28 heavy (non-hydrogen) atoms. The van der Waals surface area contributed by atoms with E-state index in [1.807, 2.05) is 0 Å². The minimum Gasteiger partial charge on any atom is -0.423 e. The second-order valence-corrected chi connectivity index (χ2v) is 7.18. The average molecular weight is 405 g/mol. The molecule has 0 bridgehead atoms. The van der Waals surface area contributed by atoms with Crippen molar-refractivity contribution in [3.05, 3.63) is 53.8 Å². The zero-order chi connectivity index (χ0) is 20.4. The van der Waals surface area contributed by atoms with Gasteiger partial charge >= 0.3 is 5.97 Å². The minimum atomic E-state index is -0.595. The molecule has 0 heterocycles. The monoisotopic (exact) mass is 404 g/mol. The lowest BCUT2D eigenvalue weighted by atomic mass is 10.0. The van der Waals surface area contributed by atoms with Gasteiger partial charge in [0.2, 0.25) is 0 Å². The lowest BCUT2D eigenvalue weighted by molar-refractivity contribution is -0.134. The lowest BCUT2D eigenvalue weighted by Crippen LogP contribution is -2.08. The van der Waals surface area contributed by atoms with E-state index in [2.05, 4.69) is 6.92 Å². The van der Waals surface area contributed by atoms with E-state index in [9.17, 15) is 14.0 Å². The van der Waals surface area contributed by atoms with Crippen molar-refractivity contribution in [2.45, 2.75) is 58.3 Å². The Morgan fingerprint density at radius 2 is 1.50 bits per heavy atom. The zero-order valence-electron chi connectivity index (χ0n) is 16.2. The van der Waals surface area contributed by atoms with Gasteiger partial charge in [-0.3, -0.25) is 9.59 Å². The molecular weight excluding hydrogens is 379 g/mol. The molecule has 2 rings (SSSR count). The number of benzene rings is 2. The lowest BCUT2D eigenvalue weighted by Gasteiger charge is -2.08. The Kier molecular flexibility index (Phi) is 9.15. The molecule has 0 atom stereocenters. The van der Waals surface area contributed by atoms with Crippen LogP contribution in [0.5, 0.6) is 5.75 Å². The summed E-state index contributed by atoms with van der Waals surface area (Å²) in [5, 5.41) is -0.541. The van der Waals surface area contributed by atoms with Gasteiger partial charge in [-0.25, -0.2) is 4.39 Å². The third kappa shape index (κ3) is 7.08. The van der Waals surface area contributed by atoms with Gasteiger partial charge < -0.3 is 4.74 Å². The summed E-state index contributed by atoms with van der Waals surface area (Å²) in [5.74, 6) is -1.07. The molecule has 5 heteroatoms. The highest BCUT2D eigenvalue weighted by molar-refractivity contribution is 6.67. The maximum Gasteiger partial charge on any atom is 0.311 e. The number of esters is 1. The molecule has 0 radical (unpaired) electrons. The molecule has 0 spiro atoms. The second kappa shape index (κ2) is 11.6. The highest BCUT2D eigenvalue weighted by Crippen LogP contribution is 2.26. The zero-order valence-corrected chi connectivity index (χ0v) is 16.9. The maximum atomic E-state index is 14.3. The Balaban J connectivity index is 1.84. The molecule has 0 fully saturated rings. The van der Waals surface area contributed by atoms with Gasteiger partial charge in [-0.15, -0.1) is 0 Å². The first-order valence-electron chi connectivity index (χ1n) is 9.81. The summed E-state index contributed by atoms with van der Waals surface area (Å²) in [5.41, 5.74) is 1.74. The van der Waals surface area contributed by atoms with Gasteiger partial charge in [0, 0.05) is 12.0 Å². The van der Waals surface area contributed by atoms with Gasteiger partial charge in [0.25, 0.3) is 5.24 Å². The molecule has 3 nitrogen and oxygen atoms in total. The molecule has 0 aliphatic carbocycles. The molecule has 0 aliphatic rings. The minimum absolute atomic E-state index is 0.0655. The van der Waals surface area contributed by atoms with Gasteiger partial charge in [-0.05, 0) is 53.4 Å². The van der Waals surface area contributed by atoms with E-state index in [-0.39, 0.29) is 5.75 Å². The summed E-state index contributed by atoms with van der Waals surface area (Å²) in [4.78, 5) is 23.0. The Bertz CT molecular complexity index is 787. The molecule has 0 unspecified atom stereocenters. The largest absolute Gasteiger partial charge is 0.423 e. The molecule has 2 aromatic rings. The first-order chi connectivity index (χ1) is 13.5. The molecule has 0 saturated heterocycles. The molecule has 0 aromatic heterocycles. The number of carbonyl (C=O) groups excluding carboxylic acids is 2. The van der Waals surface area contributed by atoms with Crippen molar-refractivity contribution in [1.29, 1.82) is 0 Å². The highest BCUT2D eigenvalue weighted by Gasteiger charge is 2.11. The van der Waals surface area contributed by atoms with Crippen molar-refractivity contribution in [2.75, 3.05) is 0 Å². The molecule has 0 amide bonds. The van der Waals surface area contributed by atoms with Crippen molar-refractivity contribution in [3.63, 3.8) is 0 Å². The van der Waals surface area contributed by atoms with Crippen LogP contribution in [0.2, 0.25) is 0 Å². The van der Waals surface area contributed by atoms with Gasteiger partial charge in [0.15, 0.2) is 11.6 Å². The summed E-state index contributed by atoms with van der Waals surface area (Å²) >= 11 is 5.42. The van der Waals surface area contributed by atoms with E-state index < -0.39 is 17.0 Å². The number of unbranched alkanes of at least 4 members (excludes halogenated alkanes) is 6. The quantitative estimate of drug-likeness (QED) is 0.177. The van der Waals surface area contributed by atoms with E-state index >= 15 is 0 Å². The Morgan fingerprint density at radius 1 is 0.893 bits per heavy atom. The fourth-order valence-corrected chi connectivity index (χ4v) is 3.08. The molecule has 0 N–H and O–H groups in total. The number of hydrogen-bond donors (Lipinski definition) is 0. The van der Waals surface area contributed by atoms with Crippen molar-refractivity contribution in [3.8, 4) is 16.9 Å². The molecule has 0 aliphatic heterocycles. The third-order valence-corrected chi connectivity index (χ3v) is 4.80. The maximum absolute atomic E-state index is 14.3. The van der Waals surface area contributed by atoms with Gasteiger partial charge in [0.1, 0.15) is 0 Å². The van der Waals surface area contributed by atoms with E-state index in [1.54, 1.807) is 30.3 Å². The Morgan fingerprint density at radius 3 is 2.11 bits per heavy atom. The van der Waals surface area contributed by atoms with Crippen LogP contribution in [0.15, 0.2) is 42.5 Å². The van der Waals surface area contributed by atoms with Crippen LogP contribution in [0.4, 0.5) is 4.39 Å². The third-order valence-electron chi connectivity index (χ3n) is 4.59. The van der Waals surface area contributed by atoms with Gasteiger partial charge in [0.05, 0.1) is 0 Å². The summed E-state index contributed by atoms with van der Waals surface area (Å²) < 4.78 is 19.5. The normalized spacial score (nSPS) is 10.7. The standard InChI is InChI=1S/C23H26ClFO3/c1-2-3-4-5-6-7-8-9-22(26)28-21-15-14-19(16-20(21)25)17-10-12-18(13-11-17)23(24)27/h10-16H,2-9H2,1H3. The molecule has 0 saturated carbocycles. The van der Waals surface area contributed by atoms with Crippen LogP contribution in [0, 0.1) is 5.82 Å². The molecule has 2 aromatic carbocycles. The molecule has 150 valence electrons. The van der Waals surface area contributed by atoms with Crippen LogP contribution < -0.4 is 4.74 Å². The van der Waals surface area contributed by atoms with E-state index in [0.717, 1.165) is 24.8 Å². The van der Waals surface area contributed by atoms with Crippen LogP contribution in [0.25, 0.3) is 11.1 Å². The van der Waals surface area contributed by atoms with Crippen molar-refractivity contribution >= 4 is 22.8 Å². The first-order valence-corrected chi connectivity index (χ1v) is 10.2. The van der Waals surface area contributed by atoms with E-state index in [0.29, 0.717) is 17.5 Å². The average Bonchev–Trinajstić information content (AvgIpc) is 2.69. The number of carbonyl (C=O) groups is 2. The summed E-state index contributed by atoms with van der Waals surface area (Å²) in [6, 6.07) is 11.0. The SMILES string of the molecule is CCCCCCCCCC(=O)Oc1ccc(-c2ccc(C(=O)Cl)cc2)cc1F. The number of rotatable bonds is 11. The summed E-state index contributed by atoms with van der Waals surface area (Å²) in [6.45, 7) is 2.18. The fraction of sp³-hybridized carbons (Fsp3) is 0.391. The number of halogens is 2. The Hall–Kier alpha value is -2.20. The van der Waals surface area contributed by atoms with Crippen molar-refractivity contribution in [2.24, 2.45) is 0 Å². The first kappa shape index (κ1) is 22.1. The number of ether oxygens (including phenoxy) is 1. The Labute approximate surface area is 170 Å². The van der Waals surface area contributed by atoms with Crippen LogP contribution in [0.1, 0.15) is 68.6 Å². The van der Waals surface area contributed by atoms with E-state index in [4.69, 9.17) is 16.3 Å². The number of hydrogen-bond acceptors (Lipinski definition) is 3. The van der Waals surface area contributed by atoms with Crippen molar-refractivity contribution in [1.82, 2.24) is 0 Å². The van der Waals surface area contributed by atoms with Crippen LogP contribution in [-0.4, -0.2) is 11.2 Å². The van der Waals surface area contributed by atoms with Crippen LogP contribution >= 0.6 is 11.6 Å². The molecular formula is C23H26ClFO3.